The SMILES string of the molecule is CC(C)(C)OC(=O)N1CC2CC1CC2(O)c1ncc(Cl)cn1. The third-order valence-electron chi connectivity index (χ3n) is 4.27. The summed E-state index contributed by atoms with van der Waals surface area (Å²) in [4.78, 5) is 22.2. The number of likely N-dealkylation sites (tertiary alicyclic amines) is 1. The van der Waals surface area contributed by atoms with Crippen molar-refractivity contribution in [2.24, 2.45) is 5.92 Å². The summed E-state index contributed by atoms with van der Waals surface area (Å²) in [6.07, 6.45) is 3.82. The summed E-state index contributed by atoms with van der Waals surface area (Å²) in [6, 6.07) is -0.0378. The van der Waals surface area contributed by atoms with Crippen LogP contribution in [0.5, 0.6) is 0 Å². The highest BCUT2D eigenvalue weighted by Crippen LogP contribution is 2.49. The van der Waals surface area contributed by atoms with E-state index in [1.807, 2.05) is 20.8 Å². The lowest BCUT2D eigenvalue weighted by Gasteiger charge is -2.37. The lowest BCUT2D eigenvalue weighted by atomic mass is 9.88. The maximum atomic E-state index is 12.2. The third-order valence-corrected chi connectivity index (χ3v) is 4.47. The Morgan fingerprint density at radius 3 is 2.59 bits per heavy atom. The molecule has 1 saturated heterocycles. The monoisotopic (exact) mass is 325 g/mol. The van der Waals surface area contributed by atoms with Crippen LogP contribution in [0, 0.1) is 5.92 Å². The highest BCUT2D eigenvalue weighted by Gasteiger charge is 2.57. The molecule has 120 valence electrons. The molecule has 2 aliphatic rings. The van der Waals surface area contributed by atoms with Crippen molar-refractivity contribution in [1.82, 2.24) is 14.9 Å². The predicted molar refractivity (Wildman–Crippen MR) is 80.4 cm³/mol. The van der Waals surface area contributed by atoms with E-state index in [1.165, 1.54) is 12.4 Å². The number of hydrogen-bond acceptors (Lipinski definition) is 5. The van der Waals surface area contributed by atoms with Crippen LogP contribution >= 0.6 is 11.6 Å². The summed E-state index contributed by atoms with van der Waals surface area (Å²) in [7, 11) is 0. The molecule has 1 aromatic heterocycles. The average molecular weight is 326 g/mol. The Morgan fingerprint density at radius 1 is 1.45 bits per heavy atom. The Morgan fingerprint density at radius 2 is 2.09 bits per heavy atom. The average Bonchev–Trinajstić information content (AvgIpc) is 2.95. The van der Waals surface area contributed by atoms with Gasteiger partial charge in [-0.25, -0.2) is 14.8 Å². The fourth-order valence-corrected chi connectivity index (χ4v) is 3.43. The molecular weight excluding hydrogens is 306 g/mol. The van der Waals surface area contributed by atoms with E-state index in [4.69, 9.17) is 16.3 Å². The molecule has 3 rings (SSSR count). The predicted octanol–water partition coefficient (Wildman–Crippen LogP) is 2.35. The molecule has 1 aliphatic carbocycles. The summed E-state index contributed by atoms with van der Waals surface area (Å²) < 4.78 is 5.42. The Balaban J connectivity index is 1.74. The molecular formula is C15H20ClN3O3. The lowest BCUT2D eigenvalue weighted by molar-refractivity contribution is -0.0497. The fourth-order valence-electron chi connectivity index (χ4n) is 3.34. The van der Waals surface area contributed by atoms with Crippen molar-refractivity contribution in [2.45, 2.75) is 50.9 Å². The van der Waals surface area contributed by atoms with E-state index >= 15 is 0 Å². The number of piperidine rings is 1. The maximum absolute atomic E-state index is 12.2. The van der Waals surface area contributed by atoms with Gasteiger partial charge in [-0.2, -0.15) is 0 Å². The number of halogens is 1. The Kier molecular flexibility index (Phi) is 3.57. The number of hydrogen-bond donors (Lipinski definition) is 1. The van der Waals surface area contributed by atoms with Crippen LogP contribution < -0.4 is 0 Å². The normalized spacial score (nSPS) is 30.7. The first kappa shape index (κ1) is 15.5. The van der Waals surface area contributed by atoms with Gasteiger partial charge in [0.1, 0.15) is 11.2 Å². The van der Waals surface area contributed by atoms with E-state index in [0.717, 1.165) is 6.42 Å². The zero-order chi connectivity index (χ0) is 16.1. The first-order valence-electron chi connectivity index (χ1n) is 7.39. The van der Waals surface area contributed by atoms with Gasteiger partial charge in [0, 0.05) is 37.3 Å². The van der Waals surface area contributed by atoms with Crippen LogP contribution in [0.2, 0.25) is 5.02 Å². The van der Waals surface area contributed by atoms with Crippen molar-refractivity contribution < 1.29 is 14.6 Å². The molecule has 6 nitrogen and oxygen atoms in total. The molecule has 2 fully saturated rings. The number of amides is 1. The third kappa shape index (κ3) is 2.65. The summed E-state index contributed by atoms with van der Waals surface area (Å²) in [5.41, 5.74) is -1.61. The molecule has 22 heavy (non-hydrogen) atoms. The molecule has 3 atom stereocenters. The zero-order valence-corrected chi connectivity index (χ0v) is 13.7. The van der Waals surface area contributed by atoms with E-state index in [9.17, 15) is 9.90 Å². The molecule has 1 N–H and O–H groups in total. The van der Waals surface area contributed by atoms with Crippen LogP contribution in [-0.2, 0) is 10.3 Å². The van der Waals surface area contributed by atoms with Crippen molar-refractivity contribution in [3.05, 3.63) is 23.2 Å². The van der Waals surface area contributed by atoms with Gasteiger partial charge < -0.3 is 14.7 Å². The van der Waals surface area contributed by atoms with Gasteiger partial charge >= 0.3 is 6.09 Å². The second-order valence-electron chi connectivity index (χ2n) is 7.07. The molecule has 0 spiro atoms. The summed E-state index contributed by atoms with van der Waals surface area (Å²) in [6.45, 7) is 5.99. The highest BCUT2D eigenvalue weighted by atomic mass is 35.5. The van der Waals surface area contributed by atoms with Crippen LogP contribution in [-0.4, -0.2) is 44.3 Å². The Bertz CT molecular complexity index is 587. The quantitative estimate of drug-likeness (QED) is 0.857. The lowest BCUT2D eigenvalue weighted by Crippen LogP contribution is -2.48. The van der Waals surface area contributed by atoms with Crippen molar-refractivity contribution in [3.8, 4) is 0 Å². The number of carbonyl (C=O) groups is 1. The Labute approximate surface area is 134 Å². The number of carbonyl (C=O) groups excluding carboxylic acids is 1. The van der Waals surface area contributed by atoms with Crippen LogP contribution in [0.15, 0.2) is 12.4 Å². The second kappa shape index (κ2) is 5.06. The first-order valence-corrected chi connectivity index (χ1v) is 7.77. The van der Waals surface area contributed by atoms with E-state index in [2.05, 4.69) is 9.97 Å². The molecule has 1 amide bonds. The van der Waals surface area contributed by atoms with E-state index < -0.39 is 11.2 Å². The van der Waals surface area contributed by atoms with E-state index in [0.29, 0.717) is 23.8 Å². The van der Waals surface area contributed by atoms with Gasteiger partial charge in [0.2, 0.25) is 0 Å². The van der Waals surface area contributed by atoms with Crippen LogP contribution in [0.4, 0.5) is 4.79 Å². The van der Waals surface area contributed by atoms with Gasteiger partial charge in [0.25, 0.3) is 0 Å². The van der Waals surface area contributed by atoms with Crippen LogP contribution in [0.3, 0.4) is 0 Å². The number of aromatic nitrogens is 2. The largest absolute Gasteiger partial charge is 0.444 e. The molecule has 2 bridgehead atoms. The van der Waals surface area contributed by atoms with Crippen LogP contribution in [0.1, 0.15) is 39.4 Å². The number of nitrogens with zero attached hydrogens (tertiary/aromatic N) is 3. The standard InChI is InChI=1S/C15H20ClN3O3/c1-14(2,3)22-13(20)19-8-9-4-11(19)5-15(9,21)12-17-6-10(16)7-18-12/h6-7,9,11,21H,4-5,8H2,1-3H3. The fraction of sp³-hybridized carbons (Fsp3) is 0.667. The minimum absolute atomic E-state index is 0.0378. The number of fused-ring (bicyclic) bond motifs is 2. The molecule has 2 heterocycles. The molecule has 1 aromatic rings. The van der Waals surface area contributed by atoms with Crippen molar-refractivity contribution in [2.75, 3.05) is 6.54 Å². The molecule has 1 saturated carbocycles. The summed E-state index contributed by atoms with van der Waals surface area (Å²) >= 11 is 5.79. The van der Waals surface area contributed by atoms with Crippen LogP contribution in [0.25, 0.3) is 0 Å². The second-order valence-corrected chi connectivity index (χ2v) is 7.51. The number of ether oxygens (including phenoxy) is 1. The van der Waals surface area contributed by atoms with Crippen molar-refractivity contribution in [3.63, 3.8) is 0 Å². The van der Waals surface area contributed by atoms with Crippen molar-refractivity contribution >= 4 is 17.7 Å². The first-order chi connectivity index (χ1) is 10.2. The Hall–Kier alpha value is -1.40. The van der Waals surface area contributed by atoms with E-state index in [-0.39, 0.29) is 18.1 Å². The minimum atomic E-state index is -1.09. The number of aliphatic hydroxyl groups is 1. The smallest absolute Gasteiger partial charge is 0.410 e. The van der Waals surface area contributed by atoms with Gasteiger partial charge in [-0.1, -0.05) is 11.6 Å². The minimum Gasteiger partial charge on any atom is -0.444 e. The van der Waals surface area contributed by atoms with Gasteiger partial charge in [-0.3, -0.25) is 0 Å². The van der Waals surface area contributed by atoms with Gasteiger partial charge in [-0.05, 0) is 27.2 Å². The molecule has 7 heteroatoms. The molecule has 0 aromatic carbocycles. The van der Waals surface area contributed by atoms with Gasteiger partial charge in [0.15, 0.2) is 5.82 Å². The van der Waals surface area contributed by atoms with Gasteiger partial charge in [0.05, 0.1) is 5.02 Å². The zero-order valence-electron chi connectivity index (χ0n) is 12.9. The highest BCUT2D eigenvalue weighted by molar-refractivity contribution is 6.30. The topological polar surface area (TPSA) is 75.5 Å². The number of rotatable bonds is 1. The van der Waals surface area contributed by atoms with E-state index in [1.54, 1.807) is 4.90 Å². The summed E-state index contributed by atoms with van der Waals surface area (Å²) in [5.74, 6) is 0.305. The maximum Gasteiger partial charge on any atom is 0.410 e. The molecule has 3 unspecified atom stereocenters. The van der Waals surface area contributed by atoms with Gasteiger partial charge in [-0.15, -0.1) is 0 Å². The molecule has 0 radical (unpaired) electrons. The summed E-state index contributed by atoms with van der Waals surface area (Å²) in [5, 5.41) is 11.4. The molecule has 1 aliphatic heterocycles. The van der Waals surface area contributed by atoms with Crippen molar-refractivity contribution in [1.29, 1.82) is 0 Å².